The number of urea groups is 1. The average Bonchev–Trinajstić information content (AvgIpc) is 2.00. The summed E-state index contributed by atoms with van der Waals surface area (Å²) in [5, 5.41) is 11.0. The van der Waals surface area contributed by atoms with Crippen molar-refractivity contribution in [2.24, 2.45) is 16.6 Å². The summed E-state index contributed by atoms with van der Waals surface area (Å²) in [7, 11) is 1.46. The van der Waals surface area contributed by atoms with Gasteiger partial charge in [0.1, 0.15) is 0 Å². The lowest BCUT2D eigenvalue weighted by Gasteiger charge is -2.20. The minimum atomic E-state index is -0.621. The van der Waals surface area contributed by atoms with E-state index in [4.69, 9.17) is 16.7 Å². The van der Waals surface area contributed by atoms with Crippen LogP contribution in [0.2, 0.25) is 0 Å². The van der Waals surface area contributed by atoms with Crippen molar-refractivity contribution in [3.8, 4) is 0 Å². The van der Waals surface area contributed by atoms with E-state index in [2.05, 4.69) is 5.16 Å². The highest BCUT2D eigenvalue weighted by Crippen LogP contribution is 1.93. The highest BCUT2D eigenvalue weighted by molar-refractivity contribution is 5.88. The number of nitrogens with two attached hydrogens (primary N) is 2. The predicted octanol–water partition coefficient (Wildman–Crippen LogP) is -0.868. The van der Waals surface area contributed by atoms with E-state index in [1.807, 2.05) is 0 Å². The molecule has 6 nitrogen and oxygen atoms in total. The molecule has 0 saturated carbocycles. The molecule has 0 bridgehead atoms. The lowest BCUT2D eigenvalue weighted by atomic mass is 10.3. The van der Waals surface area contributed by atoms with E-state index in [0.29, 0.717) is 0 Å². The van der Waals surface area contributed by atoms with Crippen molar-refractivity contribution in [3.05, 3.63) is 0 Å². The quantitative estimate of drug-likeness (QED) is 0.211. The first-order chi connectivity index (χ1) is 5.00. The first-order valence-electron chi connectivity index (χ1n) is 3.00. The van der Waals surface area contributed by atoms with Gasteiger partial charge in [0.2, 0.25) is 0 Å². The number of nitrogens with zero attached hydrogens (tertiary/aromatic N) is 2. The van der Waals surface area contributed by atoms with Crippen LogP contribution in [0.15, 0.2) is 5.16 Å². The molecule has 5 N–H and O–H groups in total. The maximum Gasteiger partial charge on any atom is 0.315 e. The van der Waals surface area contributed by atoms with Crippen LogP contribution >= 0.6 is 0 Å². The Labute approximate surface area is 64.4 Å². The second-order valence-corrected chi connectivity index (χ2v) is 2.15. The molecule has 0 heterocycles. The van der Waals surface area contributed by atoms with Crippen LogP contribution in [0.3, 0.4) is 0 Å². The lowest BCUT2D eigenvalue weighted by molar-refractivity contribution is 0.213. The summed E-state index contributed by atoms with van der Waals surface area (Å²) in [5.41, 5.74) is 10.1. The third-order valence-electron chi connectivity index (χ3n) is 1.47. The minimum Gasteiger partial charge on any atom is -0.409 e. The molecule has 64 valence electrons. The molecule has 1 unspecified atom stereocenters. The maximum absolute atomic E-state index is 10.5. The van der Waals surface area contributed by atoms with Gasteiger partial charge in [-0.25, -0.2) is 4.79 Å². The summed E-state index contributed by atoms with van der Waals surface area (Å²) < 4.78 is 0. The van der Waals surface area contributed by atoms with E-state index in [-0.39, 0.29) is 5.84 Å². The van der Waals surface area contributed by atoms with Crippen molar-refractivity contribution in [2.75, 3.05) is 7.05 Å². The molecule has 0 aromatic rings. The van der Waals surface area contributed by atoms with Gasteiger partial charge < -0.3 is 21.6 Å². The zero-order chi connectivity index (χ0) is 9.02. The summed E-state index contributed by atoms with van der Waals surface area (Å²) in [5.74, 6) is -0.0497. The first-order valence-corrected chi connectivity index (χ1v) is 3.00. The van der Waals surface area contributed by atoms with Crippen LogP contribution in [-0.4, -0.2) is 35.1 Å². The molecular formula is C5H12N4O2. The molecule has 0 radical (unpaired) electrons. The smallest absolute Gasteiger partial charge is 0.315 e. The van der Waals surface area contributed by atoms with Gasteiger partial charge in [0.25, 0.3) is 0 Å². The summed E-state index contributed by atoms with van der Waals surface area (Å²) in [4.78, 5) is 11.7. The summed E-state index contributed by atoms with van der Waals surface area (Å²) in [6, 6.07) is -1.11. The van der Waals surface area contributed by atoms with E-state index in [9.17, 15) is 4.79 Å². The topological polar surface area (TPSA) is 105 Å². The maximum atomic E-state index is 10.5. The molecule has 0 saturated heterocycles. The Hall–Kier alpha value is -1.46. The van der Waals surface area contributed by atoms with E-state index < -0.39 is 12.1 Å². The third-order valence-corrected chi connectivity index (χ3v) is 1.47. The van der Waals surface area contributed by atoms with Crippen LogP contribution in [0, 0.1) is 0 Å². The normalized spacial score (nSPS) is 14.2. The van der Waals surface area contributed by atoms with Crippen molar-refractivity contribution in [1.82, 2.24) is 4.90 Å². The molecule has 0 aliphatic carbocycles. The Bertz CT molecular complexity index is 179. The van der Waals surface area contributed by atoms with Gasteiger partial charge in [0.05, 0.1) is 6.04 Å². The minimum absolute atomic E-state index is 0.0497. The third kappa shape index (κ3) is 2.32. The van der Waals surface area contributed by atoms with Crippen molar-refractivity contribution < 1.29 is 10.0 Å². The van der Waals surface area contributed by atoms with E-state index in [1.54, 1.807) is 6.92 Å². The molecule has 0 spiro atoms. The molecule has 0 aromatic carbocycles. The predicted molar refractivity (Wildman–Crippen MR) is 40.2 cm³/mol. The zero-order valence-corrected chi connectivity index (χ0v) is 6.48. The van der Waals surface area contributed by atoms with Crippen molar-refractivity contribution >= 4 is 11.9 Å². The number of carbonyl (C=O) groups is 1. The number of primary amides is 1. The number of carbonyl (C=O) groups excluding carboxylic acids is 1. The van der Waals surface area contributed by atoms with Crippen molar-refractivity contribution in [1.29, 1.82) is 0 Å². The number of amidine groups is 1. The van der Waals surface area contributed by atoms with Crippen LogP contribution in [0.25, 0.3) is 0 Å². The van der Waals surface area contributed by atoms with Gasteiger partial charge in [-0.2, -0.15) is 0 Å². The molecule has 1 atom stereocenters. The van der Waals surface area contributed by atoms with E-state index in [0.717, 1.165) is 4.90 Å². The van der Waals surface area contributed by atoms with E-state index in [1.165, 1.54) is 7.05 Å². The number of rotatable bonds is 2. The van der Waals surface area contributed by atoms with Gasteiger partial charge in [0.15, 0.2) is 5.84 Å². The molecular weight excluding hydrogens is 148 g/mol. The second kappa shape index (κ2) is 3.65. The van der Waals surface area contributed by atoms with Gasteiger partial charge in [0, 0.05) is 7.05 Å². The Morgan fingerprint density at radius 3 is 2.36 bits per heavy atom. The molecule has 0 aromatic heterocycles. The largest absolute Gasteiger partial charge is 0.409 e. The fraction of sp³-hybridized carbons (Fsp3) is 0.600. The Balaban J connectivity index is 4.24. The van der Waals surface area contributed by atoms with Crippen molar-refractivity contribution in [3.63, 3.8) is 0 Å². The van der Waals surface area contributed by atoms with Gasteiger partial charge >= 0.3 is 6.03 Å². The molecule has 0 rings (SSSR count). The number of amides is 2. The molecule has 0 fully saturated rings. The van der Waals surface area contributed by atoms with Gasteiger partial charge in [-0.05, 0) is 6.92 Å². The summed E-state index contributed by atoms with van der Waals surface area (Å²) in [6.45, 7) is 1.60. The molecule has 6 heteroatoms. The summed E-state index contributed by atoms with van der Waals surface area (Å²) in [6.07, 6.45) is 0. The monoisotopic (exact) mass is 160 g/mol. The van der Waals surface area contributed by atoms with Crippen LogP contribution in [-0.2, 0) is 0 Å². The Morgan fingerprint density at radius 1 is 1.64 bits per heavy atom. The van der Waals surface area contributed by atoms with Crippen LogP contribution in [0.4, 0.5) is 4.79 Å². The molecule has 0 aliphatic heterocycles. The number of oxime groups is 1. The number of hydrogen-bond donors (Lipinski definition) is 3. The van der Waals surface area contributed by atoms with Crippen LogP contribution in [0.5, 0.6) is 0 Å². The highest BCUT2D eigenvalue weighted by Gasteiger charge is 2.15. The fourth-order valence-electron chi connectivity index (χ4n) is 0.473. The SMILES string of the molecule is CC(C(N)=NO)N(C)C(N)=O. The second-order valence-electron chi connectivity index (χ2n) is 2.15. The fourth-order valence-corrected chi connectivity index (χ4v) is 0.473. The van der Waals surface area contributed by atoms with Crippen molar-refractivity contribution in [2.45, 2.75) is 13.0 Å². The van der Waals surface area contributed by atoms with E-state index >= 15 is 0 Å². The van der Waals surface area contributed by atoms with Crippen LogP contribution in [0.1, 0.15) is 6.92 Å². The van der Waals surface area contributed by atoms with Gasteiger partial charge in [-0.1, -0.05) is 5.16 Å². The zero-order valence-electron chi connectivity index (χ0n) is 6.48. The molecule has 2 amide bonds. The van der Waals surface area contributed by atoms with Gasteiger partial charge in [-0.3, -0.25) is 0 Å². The molecule has 11 heavy (non-hydrogen) atoms. The number of likely N-dealkylation sites (N-methyl/N-ethyl adjacent to an activating group) is 1. The lowest BCUT2D eigenvalue weighted by Crippen LogP contribution is -2.46. The highest BCUT2D eigenvalue weighted by atomic mass is 16.4. The standard InChI is InChI=1S/C5H12N4O2/c1-3(4(6)8-11)9(2)5(7)10/h3,11H,1-2H3,(H2,6,8)(H2,7,10). The number of hydrogen-bond acceptors (Lipinski definition) is 3. The average molecular weight is 160 g/mol. The first kappa shape index (κ1) is 9.54. The van der Waals surface area contributed by atoms with Crippen LogP contribution < -0.4 is 11.5 Å². The van der Waals surface area contributed by atoms with Gasteiger partial charge in [-0.15, -0.1) is 0 Å². The molecule has 0 aliphatic rings. The summed E-state index contributed by atoms with van der Waals surface area (Å²) >= 11 is 0. The Kier molecular flexibility index (Phi) is 3.16. The Morgan fingerprint density at radius 2 is 2.09 bits per heavy atom.